The monoisotopic (exact) mass is 385 g/mol. The molecule has 6 heteroatoms. The summed E-state index contributed by atoms with van der Waals surface area (Å²) in [6.45, 7) is 7.20. The molecule has 0 saturated heterocycles. The highest BCUT2D eigenvalue weighted by atomic mass is 16.5. The largest absolute Gasteiger partial charge is 0.490 e. The van der Waals surface area contributed by atoms with Gasteiger partial charge in [-0.1, -0.05) is 13.0 Å². The van der Waals surface area contributed by atoms with Gasteiger partial charge in [-0.25, -0.2) is 4.79 Å². The fourth-order valence-electron chi connectivity index (χ4n) is 2.56. The van der Waals surface area contributed by atoms with E-state index in [0.717, 1.165) is 12.0 Å². The SMILES string of the molecule is CCCOC(=O)c1ccc(NC(=O)Cc2ccc(OCC)c(OCC)c2)cc1. The van der Waals surface area contributed by atoms with Gasteiger partial charge in [0.05, 0.1) is 31.8 Å². The van der Waals surface area contributed by atoms with Crippen LogP contribution in [0.1, 0.15) is 43.1 Å². The van der Waals surface area contributed by atoms with Crippen molar-refractivity contribution in [2.45, 2.75) is 33.6 Å². The average Bonchev–Trinajstić information content (AvgIpc) is 2.69. The Morgan fingerprint density at radius 2 is 1.57 bits per heavy atom. The average molecular weight is 385 g/mol. The molecule has 150 valence electrons. The van der Waals surface area contributed by atoms with E-state index in [9.17, 15) is 9.59 Å². The minimum atomic E-state index is -0.363. The van der Waals surface area contributed by atoms with Gasteiger partial charge in [-0.05, 0) is 62.2 Å². The third kappa shape index (κ3) is 6.30. The fourth-order valence-corrected chi connectivity index (χ4v) is 2.56. The highest BCUT2D eigenvalue weighted by Crippen LogP contribution is 2.28. The molecule has 1 amide bonds. The van der Waals surface area contributed by atoms with Crippen LogP contribution >= 0.6 is 0 Å². The molecule has 0 bridgehead atoms. The minimum Gasteiger partial charge on any atom is -0.490 e. The number of hydrogen-bond acceptors (Lipinski definition) is 5. The zero-order chi connectivity index (χ0) is 20.4. The van der Waals surface area contributed by atoms with Crippen LogP contribution in [0.4, 0.5) is 5.69 Å². The minimum absolute atomic E-state index is 0.159. The van der Waals surface area contributed by atoms with E-state index in [1.807, 2.05) is 39.0 Å². The maximum atomic E-state index is 12.3. The first kappa shape index (κ1) is 21.3. The molecule has 6 nitrogen and oxygen atoms in total. The molecule has 0 unspecified atom stereocenters. The summed E-state index contributed by atoms with van der Waals surface area (Å²) in [5.41, 5.74) is 1.90. The molecule has 0 fully saturated rings. The van der Waals surface area contributed by atoms with Crippen LogP contribution in [0.5, 0.6) is 11.5 Å². The Hall–Kier alpha value is -3.02. The van der Waals surface area contributed by atoms with Crippen molar-refractivity contribution in [2.75, 3.05) is 25.1 Å². The zero-order valence-electron chi connectivity index (χ0n) is 16.6. The number of hydrogen-bond donors (Lipinski definition) is 1. The number of amides is 1. The first-order valence-electron chi connectivity index (χ1n) is 9.52. The summed E-state index contributed by atoms with van der Waals surface area (Å²) in [5, 5.41) is 2.83. The van der Waals surface area contributed by atoms with Crippen LogP contribution in [0.25, 0.3) is 0 Å². The lowest BCUT2D eigenvalue weighted by atomic mass is 10.1. The number of carbonyl (C=O) groups excluding carboxylic acids is 2. The number of carbonyl (C=O) groups is 2. The van der Waals surface area contributed by atoms with Gasteiger partial charge in [-0.15, -0.1) is 0 Å². The molecule has 0 aliphatic rings. The fraction of sp³-hybridized carbons (Fsp3) is 0.364. The Morgan fingerprint density at radius 1 is 0.893 bits per heavy atom. The molecule has 0 aromatic heterocycles. The lowest BCUT2D eigenvalue weighted by Crippen LogP contribution is -2.15. The Labute approximate surface area is 165 Å². The summed E-state index contributed by atoms with van der Waals surface area (Å²) >= 11 is 0. The lowest BCUT2D eigenvalue weighted by molar-refractivity contribution is -0.115. The number of benzene rings is 2. The van der Waals surface area contributed by atoms with E-state index in [4.69, 9.17) is 14.2 Å². The molecule has 0 heterocycles. The van der Waals surface area contributed by atoms with E-state index < -0.39 is 0 Å². The number of esters is 1. The summed E-state index contributed by atoms with van der Waals surface area (Å²) in [4.78, 5) is 24.2. The second-order valence-corrected chi connectivity index (χ2v) is 6.09. The molecule has 2 aromatic rings. The quantitative estimate of drug-likeness (QED) is 0.620. The Balaban J connectivity index is 1.98. The second-order valence-electron chi connectivity index (χ2n) is 6.09. The number of rotatable bonds is 10. The van der Waals surface area contributed by atoms with E-state index in [1.54, 1.807) is 24.3 Å². The number of anilines is 1. The summed E-state index contributed by atoms with van der Waals surface area (Å²) in [5.74, 6) is 0.772. The molecular formula is C22H27NO5. The lowest BCUT2D eigenvalue weighted by Gasteiger charge is -2.12. The molecule has 2 aromatic carbocycles. The molecule has 28 heavy (non-hydrogen) atoms. The number of nitrogens with one attached hydrogen (secondary N) is 1. The highest BCUT2D eigenvalue weighted by Gasteiger charge is 2.11. The normalized spacial score (nSPS) is 10.2. The van der Waals surface area contributed by atoms with E-state index in [2.05, 4.69) is 5.32 Å². The van der Waals surface area contributed by atoms with Crippen molar-refractivity contribution >= 4 is 17.6 Å². The van der Waals surface area contributed by atoms with Crippen molar-refractivity contribution in [1.29, 1.82) is 0 Å². The van der Waals surface area contributed by atoms with Crippen LogP contribution in [0.3, 0.4) is 0 Å². The second kappa shape index (κ2) is 11.0. The van der Waals surface area contributed by atoms with E-state index >= 15 is 0 Å². The molecule has 2 rings (SSSR count). The third-order valence-corrected chi connectivity index (χ3v) is 3.81. The first-order chi connectivity index (χ1) is 13.6. The van der Waals surface area contributed by atoms with Gasteiger partial charge in [-0.2, -0.15) is 0 Å². The smallest absolute Gasteiger partial charge is 0.338 e. The van der Waals surface area contributed by atoms with Crippen LogP contribution in [0, 0.1) is 0 Å². The highest BCUT2D eigenvalue weighted by molar-refractivity contribution is 5.94. The predicted molar refractivity (Wildman–Crippen MR) is 108 cm³/mol. The van der Waals surface area contributed by atoms with Gasteiger partial charge in [0.25, 0.3) is 0 Å². The first-order valence-corrected chi connectivity index (χ1v) is 9.52. The zero-order valence-corrected chi connectivity index (χ0v) is 16.6. The van der Waals surface area contributed by atoms with Crippen molar-refractivity contribution in [3.63, 3.8) is 0 Å². The van der Waals surface area contributed by atoms with Gasteiger partial charge in [0.15, 0.2) is 11.5 Å². The maximum Gasteiger partial charge on any atom is 0.338 e. The van der Waals surface area contributed by atoms with Crippen LogP contribution in [-0.2, 0) is 16.0 Å². The van der Waals surface area contributed by atoms with Gasteiger partial charge >= 0.3 is 5.97 Å². The third-order valence-electron chi connectivity index (χ3n) is 3.81. The van der Waals surface area contributed by atoms with Crippen molar-refractivity contribution in [2.24, 2.45) is 0 Å². The van der Waals surface area contributed by atoms with Crippen LogP contribution < -0.4 is 14.8 Å². The van der Waals surface area contributed by atoms with Crippen molar-refractivity contribution in [1.82, 2.24) is 0 Å². The van der Waals surface area contributed by atoms with Crippen molar-refractivity contribution in [3.8, 4) is 11.5 Å². The summed E-state index contributed by atoms with van der Waals surface area (Å²) in [7, 11) is 0. The van der Waals surface area contributed by atoms with Crippen LogP contribution in [-0.4, -0.2) is 31.7 Å². The van der Waals surface area contributed by atoms with E-state index in [0.29, 0.717) is 42.6 Å². The Bertz CT molecular complexity index is 786. The molecule has 0 atom stereocenters. The molecule has 1 N–H and O–H groups in total. The molecular weight excluding hydrogens is 358 g/mol. The molecule has 0 aliphatic heterocycles. The molecule has 0 radical (unpaired) electrons. The van der Waals surface area contributed by atoms with E-state index in [1.165, 1.54) is 0 Å². The summed E-state index contributed by atoms with van der Waals surface area (Å²) < 4.78 is 16.2. The van der Waals surface area contributed by atoms with Gasteiger partial charge < -0.3 is 19.5 Å². The van der Waals surface area contributed by atoms with Gasteiger partial charge in [0.1, 0.15) is 0 Å². The van der Waals surface area contributed by atoms with Crippen molar-refractivity contribution < 1.29 is 23.8 Å². The Morgan fingerprint density at radius 3 is 2.21 bits per heavy atom. The van der Waals surface area contributed by atoms with Gasteiger partial charge in [0.2, 0.25) is 5.91 Å². The maximum absolute atomic E-state index is 12.3. The standard InChI is InChI=1S/C22H27NO5/c1-4-13-28-22(25)17-8-10-18(11-9-17)23-21(24)15-16-7-12-19(26-5-2)20(14-16)27-6-3/h7-12,14H,4-6,13,15H2,1-3H3,(H,23,24). The number of ether oxygens (including phenoxy) is 3. The van der Waals surface area contributed by atoms with Crippen molar-refractivity contribution in [3.05, 3.63) is 53.6 Å². The summed E-state index contributed by atoms with van der Waals surface area (Å²) in [6.07, 6.45) is 0.975. The molecule has 0 aliphatic carbocycles. The van der Waals surface area contributed by atoms with Gasteiger partial charge in [-0.3, -0.25) is 4.79 Å². The predicted octanol–water partition coefficient (Wildman–Crippen LogP) is 4.23. The van der Waals surface area contributed by atoms with Crippen LogP contribution in [0.2, 0.25) is 0 Å². The van der Waals surface area contributed by atoms with Gasteiger partial charge in [0, 0.05) is 5.69 Å². The molecule has 0 saturated carbocycles. The van der Waals surface area contributed by atoms with E-state index in [-0.39, 0.29) is 18.3 Å². The molecule has 0 spiro atoms. The van der Waals surface area contributed by atoms with Crippen LogP contribution in [0.15, 0.2) is 42.5 Å². The Kier molecular flexibility index (Phi) is 8.34. The summed E-state index contributed by atoms with van der Waals surface area (Å²) in [6, 6.07) is 12.1. The topological polar surface area (TPSA) is 73.9 Å².